The highest BCUT2D eigenvalue weighted by atomic mass is 32.1. The van der Waals surface area contributed by atoms with Crippen LogP contribution in [0.1, 0.15) is 20.1 Å². The summed E-state index contributed by atoms with van der Waals surface area (Å²) >= 11 is 1.38. The lowest BCUT2D eigenvalue weighted by Crippen LogP contribution is -2.14. The van der Waals surface area contributed by atoms with Crippen molar-refractivity contribution in [2.24, 2.45) is 0 Å². The number of carbonyl (C=O) groups excluding carboxylic acids is 2. The fourth-order valence-electron chi connectivity index (χ4n) is 2.22. The summed E-state index contributed by atoms with van der Waals surface area (Å²) in [4.78, 5) is 25.4. The molecule has 0 aliphatic carbocycles. The van der Waals surface area contributed by atoms with Crippen molar-refractivity contribution >= 4 is 34.1 Å². The molecule has 1 N–H and O–H groups in total. The minimum absolute atomic E-state index is 0.00846. The van der Waals surface area contributed by atoms with Crippen LogP contribution in [-0.4, -0.2) is 23.5 Å². The van der Waals surface area contributed by atoms with Gasteiger partial charge in [0.25, 0.3) is 0 Å². The highest BCUT2D eigenvalue weighted by Gasteiger charge is 2.15. The van der Waals surface area contributed by atoms with Gasteiger partial charge in [-0.05, 0) is 31.2 Å². The van der Waals surface area contributed by atoms with E-state index in [9.17, 15) is 14.7 Å². The van der Waals surface area contributed by atoms with Crippen molar-refractivity contribution in [2.75, 3.05) is 6.61 Å². The molecule has 0 saturated heterocycles. The van der Waals surface area contributed by atoms with Gasteiger partial charge in [0.1, 0.15) is 11.3 Å². The first-order valence-electron chi connectivity index (χ1n) is 6.97. The zero-order chi connectivity index (χ0) is 16.4. The normalized spacial score (nSPS) is 10.8. The summed E-state index contributed by atoms with van der Waals surface area (Å²) in [7, 11) is 0. The number of aryl methyl sites for hydroxylation is 1. The average molecular weight is 330 g/mol. The molecule has 3 rings (SSSR count). The van der Waals surface area contributed by atoms with E-state index in [1.807, 2.05) is 13.0 Å². The molecule has 2 heterocycles. The number of Topliss-reactive ketones (excluding diaryl/α,β-unsaturated/α-hetero) is 1. The summed E-state index contributed by atoms with van der Waals surface area (Å²) in [6, 6.07) is 8.26. The van der Waals surface area contributed by atoms with E-state index in [-0.39, 0.29) is 24.6 Å². The molecule has 0 radical (unpaired) electrons. The molecule has 5 nitrogen and oxygen atoms in total. The first-order chi connectivity index (χ1) is 11.0. The number of furan rings is 1. The second kappa shape index (κ2) is 6.26. The Morgan fingerprint density at radius 1 is 1.26 bits per heavy atom. The van der Waals surface area contributed by atoms with E-state index >= 15 is 0 Å². The molecule has 0 saturated carbocycles. The number of benzene rings is 1. The zero-order valence-corrected chi connectivity index (χ0v) is 13.2. The molecule has 6 heteroatoms. The molecule has 1 aromatic carbocycles. The van der Waals surface area contributed by atoms with Crippen molar-refractivity contribution in [1.29, 1.82) is 0 Å². The largest absolute Gasteiger partial charge is 0.508 e. The Labute approximate surface area is 136 Å². The van der Waals surface area contributed by atoms with E-state index < -0.39 is 5.97 Å². The summed E-state index contributed by atoms with van der Waals surface area (Å²) in [5, 5.41) is 10.1. The Bertz CT molecular complexity index is 874. The lowest BCUT2D eigenvalue weighted by Gasteiger charge is -2.02. The minimum atomic E-state index is -0.498. The molecule has 0 amide bonds. The van der Waals surface area contributed by atoms with E-state index in [1.165, 1.54) is 29.7 Å². The molecule has 0 aliphatic heterocycles. The van der Waals surface area contributed by atoms with Gasteiger partial charge in [0.15, 0.2) is 6.61 Å². The minimum Gasteiger partial charge on any atom is -0.508 e. The first-order valence-corrected chi connectivity index (χ1v) is 7.79. The maximum Gasteiger partial charge on any atom is 0.310 e. The molecule has 118 valence electrons. The lowest BCUT2D eigenvalue weighted by molar-refractivity contribution is -0.141. The Hall–Kier alpha value is -2.60. The number of phenolic OH excluding ortho intramolecular Hbond substituents is 1. The number of thiophene rings is 1. The number of fused-ring (bicyclic) bond motifs is 1. The van der Waals surface area contributed by atoms with Crippen molar-refractivity contribution in [2.45, 2.75) is 13.3 Å². The third-order valence-corrected chi connectivity index (χ3v) is 4.40. The predicted molar refractivity (Wildman–Crippen MR) is 85.9 cm³/mol. The third kappa shape index (κ3) is 3.43. The quantitative estimate of drug-likeness (QED) is 0.572. The van der Waals surface area contributed by atoms with Gasteiger partial charge in [-0.1, -0.05) is 0 Å². The monoisotopic (exact) mass is 330 g/mol. The van der Waals surface area contributed by atoms with Gasteiger partial charge in [-0.2, -0.15) is 0 Å². The Kier molecular flexibility index (Phi) is 4.16. The van der Waals surface area contributed by atoms with Crippen LogP contribution < -0.4 is 0 Å². The number of hydrogen-bond donors (Lipinski definition) is 1. The van der Waals surface area contributed by atoms with E-state index in [1.54, 1.807) is 12.1 Å². The second-order valence-corrected chi connectivity index (χ2v) is 6.40. The van der Waals surface area contributed by atoms with E-state index in [2.05, 4.69) is 0 Å². The number of carbonyl (C=O) groups is 2. The van der Waals surface area contributed by atoms with Crippen molar-refractivity contribution in [3.8, 4) is 5.75 Å². The maximum atomic E-state index is 11.9. The molecular formula is C17H14O5S. The zero-order valence-electron chi connectivity index (χ0n) is 12.4. The smallest absolute Gasteiger partial charge is 0.310 e. The van der Waals surface area contributed by atoms with Crippen molar-refractivity contribution in [3.05, 3.63) is 51.9 Å². The van der Waals surface area contributed by atoms with Gasteiger partial charge in [-0.3, -0.25) is 9.59 Å². The lowest BCUT2D eigenvalue weighted by atomic mass is 10.1. The van der Waals surface area contributed by atoms with Crippen LogP contribution >= 0.6 is 11.3 Å². The molecule has 2 aromatic heterocycles. The van der Waals surface area contributed by atoms with Crippen LogP contribution in [0.25, 0.3) is 11.0 Å². The molecule has 0 aliphatic rings. The molecular weight excluding hydrogens is 316 g/mol. The van der Waals surface area contributed by atoms with E-state index in [0.29, 0.717) is 16.0 Å². The van der Waals surface area contributed by atoms with Crippen molar-refractivity contribution in [3.63, 3.8) is 0 Å². The van der Waals surface area contributed by atoms with Crippen LogP contribution in [0.5, 0.6) is 5.75 Å². The number of phenols is 1. The maximum absolute atomic E-state index is 11.9. The van der Waals surface area contributed by atoms with Gasteiger partial charge >= 0.3 is 5.97 Å². The van der Waals surface area contributed by atoms with Gasteiger partial charge in [-0.15, -0.1) is 11.3 Å². The molecule has 0 fully saturated rings. The number of ketones is 1. The fourth-order valence-corrected chi connectivity index (χ4v) is 3.01. The van der Waals surface area contributed by atoms with Crippen molar-refractivity contribution in [1.82, 2.24) is 0 Å². The summed E-state index contributed by atoms with van der Waals surface area (Å²) in [5.41, 5.74) is 1.15. The molecule has 0 atom stereocenters. The molecule has 3 aromatic rings. The van der Waals surface area contributed by atoms with Crippen LogP contribution in [0.4, 0.5) is 0 Å². The first kappa shape index (κ1) is 15.3. The second-order valence-electron chi connectivity index (χ2n) is 5.11. The Balaban J connectivity index is 1.61. The molecule has 0 bridgehead atoms. The highest BCUT2D eigenvalue weighted by Crippen LogP contribution is 2.25. The van der Waals surface area contributed by atoms with Crippen LogP contribution in [0.15, 0.2) is 41.0 Å². The number of ether oxygens (including phenoxy) is 1. The number of rotatable bonds is 5. The van der Waals surface area contributed by atoms with E-state index in [4.69, 9.17) is 9.15 Å². The Morgan fingerprint density at radius 2 is 2.09 bits per heavy atom. The van der Waals surface area contributed by atoms with Crippen LogP contribution in [0.3, 0.4) is 0 Å². The van der Waals surface area contributed by atoms with Gasteiger partial charge in [0.2, 0.25) is 5.78 Å². The average Bonchev–Trinajstić information content (AvgIpc) is 3.11. The number of aromatic hydroxyl groups is 1. The fraction of sp³-hybridized carbons (Fsp3) is 0.176. The van der Waals surface area contributed by atoms with Gasteiger partial charge in [0, 0.05) is 21.9 Å². The summed E-state index contributed by atoms with van der Waals surface area (Å²) in [6.45, 7) is 1.64. The predicted octanol–water partition coefficient (Wildman–Crippen LogP) is 3.48. The molecule has 23 heavy (non-hydrogen) atoms. The van der Waals surface area contributed by atoms with Crippen LogP contribution in [-0.2, 0) is 16.0 Å². The third-order valence-electron chi connectivity index (χ3n) is 3.35. The standard InChI is InChI=1S/C17H14O5S/c1-10-2-5-16(23-10)14(19)9-22-17(20)6-11-8-21-15-7-12(18)3-4-13(11)15/h2-5,7-8,18H,6,9H2,1H3. The highest BCUT2D eigenvalue weighted by molar-refractivity contribution is 7.14. The topological polar surface area (TPSA) is 76.7 Å². The van der Waals surface area contributed by atoms with Crippen LogP contribution in [0, 0.1) is 6.92 Å². The molecule has 0 unspecified atom stereocenters. The van der Waals surface area contributed by atoms with Gasteiger partial charge < -0.3 is 14.3 Å². The molecule has 0 spiro atoms. The van der Waals surface area contributed by atoms with Gasteiger partial charge in [0.05, 0.1) is 17.6 Å². The summed E-state index contributed by atoms with van der Waals surface area (Å²) in [6.07, 6.45) is 1.46. The Morgan fingerprint density at radius 3 is 2.83 bits per heavy atom. The van der Waals surface area contributed by atoms with Crippen LogP contribution in [0.2, 0.25) is 0 Å². The number of esters is 1. The summed E-state index contributed by atoms with van der Waals surface area (Å²) in [5.74, 6) is -0.612. The SMILES string of the molecule is Cc1ccc(C(=O)COC(=O)Cc2coc3cc(O)ccc23)s1. The summed E-state index contributed by atoms with van der Waals surface area (Å²) < 4.78 is 10.3. The van der Waals surface area contributed by atoms with Crippen molar-refractivity contribution < 1.29 is 23.8 Å². The van der Waals surface area contributed by atoms with Gasteiger partial charge in [-0.25, -0.2) is 0 Å². The number of hydrogen-bond acceptors (Lipinski definition) is 6. The van der Waals surface area contributed by atoms with E-state index in [0.717, 1.165) is 10.3 Å².